The van der Waals surface area contributed by atoms with Gasteiger partial charge in [0, 0.05) is 12.1 Å². The molecule has 2 aromatic carbocycles. The van der Waals surface area contributed by atoms with Crippen LogP contribution in [0.15, 0.2) is 48.5 Å². The van der Waals surface area contributed by atoms with Gasteiger partial charge in [-0.15, -0.1) is 0 Å². The van der Waals surface area contributed by atoms with E-state index in [-0.39, 0.29) is 24.0 Å². The summed E-state index contributed by atoms with van der Waals surface area (Å²) in [6.07, 6.45) is 2.65. The Morgan fingerprint density at radius 3 is 2.60 bits per heavy atom. The summed E-state index contributed by atoms with van der Waals surface area (Å²) < 4.78 is 19.0. The summed E-state index contributed by atoms with van der Waals surface area (Å²) in [5, 5.41) is 15.2. The summed E-state index contributed by atoms with van der Waals surface area (Å²) in [7, 11) is 0. The Hall–Kier alpha value is -2.60. The third-order valence-electron chi connectivity index (χ3n) is 4.19. The van der Waals surface area contributed by atoms with E-state index in [1.807, 2.05) is 0 Å². The molecule has 0 unspecified atom stereocenters. The Kier molecular flexibility index (Phi) is 5.50. The molecule has 2 aromatic rings. The molecule has 1 aliphatic carbocycles. The normalized spacial score (nSPS) is 19.9. The summed E-state index contributed by atoms with van der Waals surface area (Å²) in [6.45, 7) is 0. The van der Waals surface area contributed by atoms with Gasteiger partial charge in [0.2, 0.25) is 0 Å². The molecule has 1 saturated carbocycles. The number of ether oxygens (including phenoxy) is 1. The highest BCUT2D eigenvalue weighted by Crippen LogP contribution is 2.29. The lowest BCUT2D eigenvalue weighted by Gasteiger charge is -2.26. The van der Waals surface area contributed by atoms with Crippen LogP contribution in [-0.2, 0) is 0 Å². The second-order valence-corrected chi connectivity index (χ2v) is 6.16. The fourth-order valence-corrected chi connectivity index (χ4v) is 2.88. The largest absolute Gasteiger partial charge is 0.455 e. The monoisotopic (exact) mass is 344 g/mol. The van der Waals surface area contributed by atoms with Crippen molar-refractivity contribution in [1.82, 2.24) is 5.32 Å². The van der Waals surface area contributed by atoms with Crippen molar-refractivity contribution in [3.8, 4) is 11.5 Å². The number of carbonyl (C=O) groups is 1. The predicted octanol–water partition coefficient (Wildman–Crippen LogP) is 4.04. The number of urea groups is 1. The first-order valence-corrected chi connectivity index (χ1v) is 8.38. The molecule has 2 amide bonds. The molecule has 1 fully saturated rings. The van der Waals surface area contributed by atoms with Gasteiger partial charge < -0.3 is 20.5 Å². The second-order valence-electron chi connectivity index (χ2n) is 6.16. The minimum Gasteiger partial charge on any atom is -0.455 e. The van der Waals surface area contributed by atoms with Crippen LogP contribution in [-0.4, -0.2) is 23.3 Å². The van der Waals surface area contributed by atoms with Crippen molar-refractivity contribution in [2.75, 3.05) is 5.32 Å². The van der Waals surface area contributed by atoms with Gasteiger partial charge in [-0.3, -0.25) is 0 Å². The van der Waals surface area contributed by atoms with E-state index in [9.17, 15) is 14.3 Å². The zero-order valence-corrected chi connectivity index (χ0v) is 13.7. The Morgan fingerprint density at radius 2 is 1.84 bits per heavy atom. The van der Waals surface area contributed by atoms with Crippen LogP contribution in [0.25, 0.3) is 0 Å². The molecule has 0 aliphatic heterocycles. The molecule has 25 heavy (non-hydrogen) atoms. The Balaban J connectivity index is 1.63. The number of para-hydroxylation sites is 2. The first-order valence-electron chi connectivity index (χ1n) is 8.38. The number of halogens is 1. The molecule has 1 aliphatic rings. The molecule has 5 nitrogen and oxygen atoms in total. The minimum atomic E-state index is -0.389. The number of hydrogen-bond acceptors (Lipinski definition) is 3. The molecule has 3 N–H and O–H groups in total. The SMILES string of the molecule is O=C(Nc1ccccc1Oc1cccc(F)c1)NC1CCC(O)CC1. The highest BCUT2D eigenvalue weighted by Gasteiger charge is 2.21. The van der Waals surface area contributed by atoms with Gasteiger partial charge in [-0.05, 0) is 49.9 Å². The quantitative estimate of drug-likeness (QED) is 0.784. The van der Waals surface area contributed by atoms with Crippen molar-refractivity contribution in [3.05, 3.63) is 54.3 Å². The Labute approximate surface area is 145 Å². The molecule has 0 saturated heterocycles. The van der Waals surface area contributed by atoms with Crippen molar-refractivity contribution in [3.63, 3.8) is 0 Å². The van der Waals surface area contributed by atoms with Crippen LogP contribution in [0.1, 0.15) is 25.7 Å². The lowest BCUT2D eigenvalue weighted by atomic mass is 9.93. The number of amides is 2. The van der Waals surface area contributed by atoms with Crippen LogP contribution in [0.4, 0.5) is 14.9 Å². The van der Waals surface area contributed by atoms with Crippen LogP contribution in [0, 0.1) is 5.82 Å². The number of aliphatic hydroxyl groups excluding tert-OH is 1. The van der Waals surface area contributed by atoms with Crippen LogP contribution in [0.3, 0.4) is 0 Å². The zero-order valence-electron chi connectivity index (χ0n) is 13.7. The molecule has 0 heterocycles. The van der Waals surface area contributed by atoms with E-state index in [1.165, 1.54) is 12.1 Å². The summed E-state index contributed by atoms with van der Waals surface area (Å²) in [6, 6.07) is 12.5. The average molecular weight is 344 g/mol. The van der Waals surface area contributed by atoms with Crippen molar-refractivity contribution >= 4 is 11.7 Å². The third kappa shape index (κ3) is 4.93. The number of carbonyl (C=O) groups excluding carboxylic acids is 1. The number of aliphatic hydroxyl groups is 1. The van der Waals surface area contributed by atoms with Gasteiger partial charge in [0.05, 0.1) is 11.8 Å². The lowest BCUT2D eigenvalue weighted by Crippen LogP contribution is -2.40. The maximum absolute atomic E-state index is 13.3. The van der Waals surface area contributed by atoms with E-state index in [4.69, 9.17) is 4.74 Å². The molecule has 6 heteroatoms. The number of nitrogens with one attached hydrogen (secondary N) is 2. The van der Waals surface area contributed by atoms with Gasteiger partial charge in [0.25, 0.3) is 0 Å². The zero-order chi connectivity index (χ0) is 17.6. The van der Waals surface area contributed by atoms with Crippen LogP contribution in [0.2, 0.25) is 0 Å². The van der Waals surface area contributed by atoms with Crippen molar-refractivity contribution in [2.24, 2.45) is 0 Å². The predicted molar refractivity (Wildman–Crippen MR) is 93.3 cm³/mol. The summed E-state index contributed by atoms with van der Waals surface area (Å²) in [4.78, 5) is 12.2. The Morgan fingerprint density at radius 1 is 1.08 bits per heavy atom. The van der Waals surface area contributed by atoms with Crippen molar-refractivity contribution in [1.29, 1.82) is 0 Å². The third-order valence-corrected chi connectivity index (χ3v) is 4.19. The highest BCUT2D eigenvalue weighted by atomic mass is 19.1. The lowest BCUT2D eigenvalue weighted by molar-refractivity contribution is 0.118. The average Bonchev–Trinajstić information content (AvgIpc) is 2.59. The van der Waals surface area contributed by atoms with Gasteiger partial charge in [-0.25, -0.2) is 9.18 Å². The van der Waals surface area contributed by atoms with Gasteiger partial charge in [0.15, 0.2) is 5.75 Å². The molecule has 0 atom stereocenters. The van der Waals surface area contributed by atoms with E-state index in [0.717, 1.165) is 12.8 Å². The first kappa shape index (κ1) is 17.2. The van der Waals surface area contributed by atoms with E-state index in [1.54, 1.807) is 36.4 Å². The first-order chi connectivity index (χ1) is 12.1. The molecule has 0 radical (unpaired) electrons. The van der Waals surface area contributed by atoms with Crippen LogP contribution in [0.5, 0.6) is 11.5 Å². The number of hydrogen-bond donors (Lipinski definition) is 3. The molecule has 0 bridgehead atoms. The molecule has 3 rings (SSSR count). The van der Waals surface area contributed by atoms with Gasteiger partial charge in [0.1, 0.15) is 11.6 Å². The summed E-state index contributed by atoms with van der Waals surface area (Å²) >= 11 is 0. The standard InChI is InChI=1S/C19H21FN2O3/c20-13-4-3-5-16(12-13)25-18-7-2-1-6-17(18)22-19(24)21-14-8-10-15(23)11-9-14/h1-7,12,14-15,23H,8-11H2,(H2,21,22,24). The molecule has 0 spiro atoms. The molecule has 0 aromatic heterocycles. The maximum atomic E-state index is 13.3. The van der Waals surface area contributed by atoms with E-state index in [0.29, 0.717) is 30.0 Å². The number of benzene rings is 2. The van der Waals surface area contributed by atoms with E-state index in [2.05, 4.69) is 10.6 Å². The second kappa shape index (κ2) is 7.98. The Bertz CT molecular complexity index is 730. The van der Waals surface area contributed by atoms with Crippen LogP contribution < -0.4 is 15.4 Å². The maximum Gasteiger partial charge on any atom is 0.319 e. The fraction of sp³-hybridized carbons (Fsp3) is 0.316. The van der Waals surface area contributed by atoms with Gasteiger partial charge in [-0.1, -0.05) is 18.2 Å². The van der Waals surface area contributed by atoms with Gasteiger partial charge >= 0.3 is 6.03 Å². The van der Waals surface area contributed by atoms with Crippen LogP contribution >= 0.6 is 0 Å². The molecular weight excluding hydrogens is 323 g/mol. The van der Waals surface area contributed by atoms with E-state index < -0.39 is 0 Å². The fourth-order valence-electron chi connectivity index (χ4n) is 2.88. The summed E-state index contributed by atoms with van der Waals surface area (Å²) in [5.74, 6) is 0.401. The van der Waals surface area contributed by atoms with E-state index >= 15 is 0 Å². The number of anilines is 1. The highest BCUT2D eigenvalue weighted by molar-refractivity contribution is 5.91. The smallest absolute Gasteiger partial charge is 0.319 e. The topological polar surface area (TPSA) is 70.6 Å². The summed E-state index contributed by atoms with van der Waals surface area (Å²) in [5.41, 5.74) is 0.500. The van der Waals surface area contributed by atoms with Crippen molar-refractivity contribution in [2.45, 2.75) is 37.8 Å². The van der Waals surface area contributed by atoms with Gasteiger partial charge in [-0.2, -0.15) is 0 Å². The number of rotatable bonds is 4. The minimum absolute atomic E-state index is 0.0553. The molecular formula is C19H21FN2O3. The molecule has 132 valence electrons. The van der Waals surface area contributed by atoms with Crippen molar-refractivity contribution < 1.29 is 19.0 Å².